The summed E-state index contributed by atoms with van der Waals surface area (Å²) in [7, 11) is 0. The molecule has 0 aromatic heterocycles. The third kappa shape index (κ3) is 1.95. The van der Waals surface area contributed by atoms with Crippen molar-refractivity contribution in [2.24, 2.45) is 11.8 Å². The molecule has 0 spiro atoms. The monoisotopic (exact) mass is 327 g/mol. The van der Waals surface area contributed by atoms with Gasteiger partial charge in [0.2, 0.25) is 11.4 Å². The average molecular weight is 328 g/mol. The minimum Gasteiger partial charge on any atom is -0.453 e. The zero-order valence-corrected chi connectivity index (χ0v) is 13.4. The quantitative estimate of drug-likeness (QED) is 0.456. The molecule has 2 fully saturated rings. The topological polar surface area (TPSA) is 75.6 Å². The van der Waals surface area contributed by atoms with Crippen molar-refractivity contribution in [3.63, 3.8) is 0 Å². The Balaban J connectivity index is 1.90. The SMILES string of the molecule is CC12OC(=O)C1(C(O)C1C=CCCC1)NC(=O)C2CCCCl. The van der Waals surface area contributed by atoms with Crippen LogP contribution < -0.4 is 5.32 Å². The first-order valence-corrected chi connectivity index (χ1v) is 8.47. The lowest BCUT2D eigenvalue weighted by Crippen LogP contribution is -2.80. The average Bonchev–Trinajstić information content (AvgIpc) is 2.69. The molecule has 2 saturated heterocycles. The number of ether oxygens (including phenoxy) is 1. The van der Waals surface area contributed by atoms with E-state index in [-0.39, 0.29) is 11.8 Å². The van der Waals surface area contributed by atoms with Crippen LogP contribution in [0.4, 0.5) is 0 Å². The molecule has 5 nitrogen and oxygen atoms in total. The molecule has 0 radical (unpaired) electrons. The molecule has 2 aliphatic heterocycles. The molecule has 0 aromatic rings. The number of alkyl halides is 1. The summed E-state index contributed by atoms with van der Waals surface area (Å²) in [4.78, 5) is 24.6. The summed E-state index contributed by atoms with van der Waals surface area (Å²) in [5.41, 5.74) is -2.30. The van der Waals surface area contributed by atoms with Gasteiger partial charge in [-0.2, -0.15) is 0 Å². The summed E-state index contributed by atoms with van der Waals surface area (Å²) >= 11 is 5.72. The van der Waals surface area contributed by atoms with E-state index < -0.39 is 29.1 Å². The second kappa shape index (κ2) is 5.53. The second-order valence-electron chi connectivity index (χ2n) is 6.65. The van der Waals surface area contributed by atoms with Crippen LogP contribution in [0.5, 0.6) is 0 Å². The van der Waals surface area contributed by atoms with Crippen molar-refractivity contribution < 1.29 is 19.4 Å². The fraction of sp³-hybridized carbons (Fsp3) is 0.750. The van der Waals surface area contributed by atoms with Crippen LogP contribution in [0.3, 0.4) is 0 Å². The minimum atomic E-state index is -1.31. The van der Waals surface area contributed by atoms with E-state index >= 15 is 0 Å². The van der Waals surface area contributed by atoms with Gasteiger partial charge in [-0.3, -0.25) is 4.79 Å². The summed E-state index contributed by atoms with van der Waals surface area (Å²) in [6.07, 6.45) is 7.01. The van der Waals surface area contributed by atoms with Crippen molar-refractivity contribution in [1.29, 1.82) is 0 Å². The van der Waals surface area contributed by atoms with Crippen molar-refractivity contribution in [1.82, 2.24) is 5.32 Å². The Kier molecular flexibility index (Phi) is 3.98. The van der Waals surface area contributed by atoms with Crippen molar-refractivity contribution >= 4 is 23.5 Å². The van der Waals surface area contributed by atoms with Crippen LogP contribution in [0.15, 0.2) is 12.2 Å². The smallest absolute Gasteiger partial charge is 0.339 e. The molecule has 22 heavy (non-hydrogen) atoms. The van der Waals surface area contributed by atoms with Crippen molar-refractivity contribution in [3.05, 3.63) is 12.2 Å². The first-order chi connectivity index (χ1) is 10.5. The number of amides is 1. The van der Waals surface area contributed by atoms with E-state index in [2.05, 4.69) is 5.32 Å². The van der Waals surface area contributed by atoms with Crippen LogP contribution in [0, 0.1) is 11.8 Å². The normalized spacial score (nSPS) is 41.4. The maximum atomic E-state index is 12.4. The van der Waals surface area contributed by atoms with Crippen LogP contribution in [-0.4, -0.2) is 40.1 Å². The highest BCUT2D eigenvalue weighted by molar-refractivity contribution is 6.17. The standard InChI is InChI=1S/C16H22ClNO4/c1-15-11(8-5-9-17)13(20)18-16(15,14(21)22-15)12(19)10-6-3-2-4-7-10/h3,6,10-12,19H,2,4-5,7-9H2,1H3,(H,18,20). The number of carbonyl (C=O) groups is 2. The predicted molar refractivity (Wildman–Crippen MR) is 81.3 cm³/mol. The zero-order valence-electron chi connectivity index (χ0n) is 12.7. The highest BCUT2D eigenvalue weighted by Crippen LogP contribution is 2.53. The van der Waals surface area contributed by atoms with Gasteiger partial charge in [-0.15, -0.1) is 11.6 Å². The van der Waals surface area contributed by atoms with Crippen LogP contribution in [-0.2, 0) is 14.3 Å². The summed E-state index contributed by atoms with van der Waals surface area (Å²) in [6.45, 7) is 1.75. The van der Waals surface area contributed by atoms with Crippen LogP contribution in [0.2, 0.25) is 0 Å². The summed E-state index contributed by atoms with van der Waals surface area (Å²) in [5, 5.41) is 13.6. The van der Waals surface area contributed by atoms with E-state index in [1.165, 1.54) is 0 Å². The van der Waals surface area contributed by atoms with Gasteiger partial charge in [0.25, 0.3) is 0 Å². The number of hydrogen-bond donors (Lipinski definition) is 2. The molecule has 6 heteroatoms. The lowest BCUT2D eigenvalue weighted by molar-refractivity contribution is -0.238. The fourth-order valence-electron chi connectivity index (χ4n) is 4.16. The Morgan fingerprint density at radius 2 is 2.32 bits per heavy atom. The fourth-order valence-corrected chi connectivity index (χ4v) is 4.32. The molecule has 1 aliphatic carbocycles. The zero-order chi connectivity index (χ0) is 16.0. The largest absolute Gasteiger partial charge is 0.453 e. The molecule has 2 heterocycles. The molecule has 122 valence electrons. The van der Waals surface area contributed by atoms with Gasteiger partial charge in [0, 0.05) is 11.8 Å². The Morgan fingerprint density at radius 3 is 2.91 bits per heavy atom. The van der Waals surface area contributed by atoms with Gasteiger partial charge in [0.05, 0.1) is 12.0 Å². The predicted octanol–water partition coefficient (Wildman–Crippen LogP) is 1.52. The highest BCUT2D eigenvalue weighted by Gasteiger charge is 2.79. The number of aliphatic hydroxyl groups excluding tert-OH is 1. The molecule has 5 atom stereocenters. The third-order valence-electron chi connectivity index (χ3n) is 5.48. The van der Waals surface area contributed by atoms with Crippen molar-refractivity contribution in [3.8, 4) is 0 Å². The molecule has 2 N–H and O–H groups in total. The second-order valence-corrected chi connectivity index (χ2v) is 7.02. The summed E-state index contributed by atoms with van der Waals surface area (Å²) in [5.74, 6) is -0.881. The molecule has 1 amide bonds. The highest BCUT2D eigenvalue weighted by atomic mass is 35.5. The van der Waals surface area contributed by atoms with Gasteiger partial charge in [0.15, 0.2) is 5.60 Å². The molecule has 5 unspecified atom stereocenters. The number of carbonyl (C=O) groups excluding carboxylic acids is 2. The lowest BCUT2D eigenvalue weighted by atomic mass is 9.64. The lowest BCUT2D eigenvalue weighted by Gasteiger charge is -2.54. The van der Waals surface area contributed by atoms with Crippen molar-refractivity contribution in [2.75, 3.05) is 5.88 Å². The number of rotatable bonds is 5. The van der Waals surface area contributed by atoms with Gasteiger partial charge in [0.1, 0.15) is 0 Å². The molecule has 0 bridgehead atoms. The molecule has 3 rings (SSSR count). The first-order valence-electron chi connectivity index (χ1n) is 7.93. The number of esters is 1. The minimum absolute atomic E-state index is 0.131. The number of hydrogen-bond acceptors (Lipinski definition) is 4. The number of fused-ring (bicyclic) bond motifs is 1. The maximum absolute atomic E-state index is 12.4. The number of aliphatic hydroxyl groups is 1. The van der Waals surface area contributed by atoms with E-state index in [1.807, 2.05) is 12.2 Å². The summed E-state index contributed by atoms with van der Waals surface area (Å²) in [6, 6.07) is 0. The Hall–Kier alpha value is -1.07. The summed E-state index contributed by atoms with van der Waals surface area (Å²) < 4.78 is 5.40. The van der Waals surface area contributed by atoms with Gasteiger partial charge in [-0.05, 0) is 39.0 Å². The number of halogens is 1. The Bertz CT molecular complexity index is 522. The molecule has 0 saturated carbocycles. The van der Waals surface area contributed by atoms with Gasteiger partial charge in [-0.1, -0.05) is 12.2 Å². The van der Waals surface area contributed by atoms with Gasteiger partial charge < -0.3 is 15.2 Å². The van der Waals surface area contributed by atoms with E-state index in [0.717, 1.165) is 19.3 Å². The van der Waals surface area contributed by atoms with Gasteiger partial charge >= 0.3 is 5.97 Å². The third-order valence-corrected chi connectivity index (χ3v) is 5.75. The molecular weight excluding hydrogens is 306 g/mol. The van der Waals surface area contributed by atoms with E-state index in [1.54, 1.807) is 6.92 Å². The van der Waals surface area contributed by atoms with E-state index in [4.69, 9.17) is 16.3 Å². The van der Waals surface area contributed by atoms with Crippen LogP contribution in [0.25, 0.3) is 0 Å². The van der Waals surface area contributed by atoms with Crippen molar-refractivity contribution in [2.45, 2.75) is 56.3 Å². The molecule has 0 aromatic carbocycles. The number of allylic oxidation sites excluding steroid dienone is 1. The maximum Gasteiger partial charge on any atom is 0.339 e. The Labute approximate surface area is 135 Å². The number of nitrogens with one attached hydrogen (secondary N) is 1. The van der Waals surface area contributed by atoms with Gasteiger partial charge in [-0.25, -0.2) is 4.79 Å². The van der Waals surface area contributed by atoms with Crippen LogP contribution >= 0.6 is 11.6 Å². The van der Waals surface area contributed by atoms with Crippen LogP contribution in [0.1, 0.15) is 39.0 Å². The Morgan fingerprint density at radius 1 is 1.55 bits per heavy atom. The molecular formula is C16H22ClNO4. The first kappa shape index (κ1) is 15.8. The van der Waals surface area contributed by atoms with E-state index in [0.29, 0.717) is 18.7 Å². The molecule has 3 aliphatic rings. The van der Waals surface area contributed by atoms with E-state index in [9.17, 15) is 14.7 Å².